The molecule has 0 spiro atoms. The monoisotopic (exact) mass is 471 g/mol. The summed E-state index contributed by atoms with van der Waals surface area (Å²) in [5, 5.41) is 0. The Balaban J connectivity index is -0.0000000178. The molecule has 0 aromatic heterocycles. The Hall–Kier alpha value is 2.92. The summed E-state index contributed by atoms with van der Waals surface area (Å²) >= 11 is 0. The molecule has 14 heteroatoms. The maximum absolute atomic E-state index is 8.55. The minimum absolute atomic E-state index is 0. The Labute approximate surface area is 139 Å². The Morgan fingerprint density at radius 2 is 0.714 bits per heavy atom. The van der Waals surface area contributed by atoms with E-state index in [0.29, 0.717) is 0 Å². The largest absolute Gasteiger partial charge is 6.00 e. The van der Waals surface area contributed by atoms with Crippen LogP contribution in [0.15, 0.2) is 0 Å². The molecular weight excluding hydrogens is 469 g/mol. The molecule has 0 fully saturated rings. The maximum atomic E-state index is 8.55. The molecular formula is H2AlCaO8P2SiW. The summed E-state index contributed by atoms with van der Waals surface area (Å²) in [6.07, 6.45) is 0. The summed E-state index contributed by atoms with van der Waals surface area (Å²) in [5.41, 5.74) is 0. The van der Waals surface area contributed by atoms with E-state index in [9.17, 15) is 0 Å². The molecule has 0 saturated carbocycles. The predicted molar refractivity (Wildman–Crippen MR) is 35.3 cm³/mol. The first-order valence-corrected chi connectivity index (χ1v) is 4.38. The van der Waals surface area contributed by atoms with E-state index >= 15 is 0 Å². The fraction of sp³-hybridized carbons (Fsp3) is 0. The predicted octanol–water partition coefficient (Wildman–Crippen LogP) is -7.33. The second-order valence-corrected chi connectivity index (χ2v) is 2.68. The minimum Gasteiger partial charge on any atom is 0 e. The Kier molecular flexibility index (Phi) is 40.9. The quantitative estimate of drug-likeness (QED) is 0.248. The third-order valence-electron chi connectivity index (χ3n) is 0. The van der Waals surface area contributed by atoms with Gasteiger partial charge in [0, 0.05) is 28.3 Å². The van der Waals surface area contributed by atoms with Crippen LogP contribution in [-0.2, 0) is 30.2 Å². The molecule has 0 bridgehead atoms. The van der Waals surface area contributed by atoms with Crippen molar-refractivity contribution in [2.24, 2.45) is 0 Å². The van der Waals surface area contributed by atoms with Crippen LogP contribution < -0.4 is 29.4 Å². The van der Waals surface area contributed by atoms with Crippen LogP contribution in [0.4, 0.5) is 0 Å². The molecule has 0 saturated heterocycles. The van der Waals surface area contributed by atoms with E-state index < -0.39 is 15.6 Å². The summed E-state index contributed by atoms with van der Waals surface area (Å²) in [7, 11) is -10.8. The summed E-state index contributed by atoms with van der Waals surface area (Å²) in [4.78, 5) is 51.3. The molecule has 0 aromatic carbocycles. The van der Waals surface area contributed by atoms with Gasteiger partial charge < -0.3 is 38.5 Å². The third-order valence-corrected chi connectivity index (χ3v) is 0. The van der Waals surface area contributed by atoms with Crippen LogP contribution in [0.5, 0.6) is 0 Å². The van der Waals surface area contributed by atoms with Gasteiger partial charge in [-0.05, 0) is 0 Å². The van der Waals surface area contributed by atoms with Gasteiger partial charge in [-0.1, -0.05) is 0 Å². The number of phosphoric acid groups is 2. The number of hydrogen-bond donors (Lipinski definition) is 0. The van der Waals surface area contributed by atoms with Gasteiger partial charge in [0.25, 0.3) is 0 Å². The van der Waals surface area contributed by atoms with Gasteiger partial charge in [0.1, 0.15) is 0 Å². The summed E-state index contributed by atoms with van der Waals surface area (Å²) in [6, 6.07) is 0. The van der Waals surface area contributed by atoms with E-state index in [2.05, 4.69) is 0 Å². The van der Waals surface area contributed by atoms with Crippen LogP contribution in [-0.4, -0.2) is 66.1 Å². The normalized spacial score (nSPS) is 8.43. The summed E-state index contributed by atoms with van der Waals surface area (Å²) in [6.45, 7) is 0. The molecule has 0 aliphatic carbocycles. The van der Waals surface area contributed by atoms with Gasteiger partial charge in [-0.25, -0.2) is 0 Å². The number of hydrogen-bond acceptors (Lipinski definition) is 8. The molecule has 0 heterocycles. The van der Waals surface area contributed by atoms with Crippen molar-refractivity contribution in [1.82, 2.24) is 0 Å². The minimum atomic E-state index is -5.39. The average molecular weight is 471 g/mol. The summed E-state index contributed by atoms with van der Waals surface area (Å²) < 4.78 is 17.1. The molecule has 8 nitrogen and oxygen atoms in total. The van der Waals surface area contributed by atoms with Gasteiger partial charge in [-0.15, -0.1) is 0 Å². The molecule has 14 heavy (non-hydrogen) atoms. The van der Waals surface area contributed by atoms with Crippen molar-refractivity contribution in [3.8, 4) is 0 Å². The van der Waals surface area contributed by atoms with Gasteiger partial charge in [-0.2, -0.15) is 15.6 Å². The zero-order valence-corrected chi connectivity index (χ0v) is 12.5. The SMILES string of the molecule is O=P([O-])([O-])[O-].O=P([O-])([O-])[O-].[Al].[CaH2].[Si].[W+6]. The molecule has 0 aliphatic heterocycles. The van der Waals surface area contributed by atoms with Crippen molar-refractivity contribution < 1.29 is 59.6 Å². The zero-order valence-electron chi connectivity index (χ0n) is 5.65. The Morgan fingerprint density at radius 3 is 0.714 bits per heavy atom. The first kappa shape index (κ1) is 36.0. The van der Waals surface area contributed by atoms with E-state index in [1.54, 1.807) is 0 Å². The standard InChI is InChI=1S/Al.Ca.2H3O4P.Si.W.2H/c;;2*1-5(2,3)4;;;;/h;;2*(H3,1,2,3,4);;;;/q;;;;;+6;;/p-6. The second kappa shape index (κ2) is 15.9. The molecule has 0 rings (SSSR count). The van der Waals surface area contributed by atoms with E-state index in [1.807, 2.05) is 0 Å². The molecule has 0 unspecified atom stereocenters. The van der Waals surface area contributed by atoms with Crippen LogP contribution in [0.25, 0.3) is 0 Å². The van der Waals surface area contributed by atoms with E-state index in [4.69, 9.17) is 38.5 Å². The zero-order chi connectivity index (χ0) is 9.00. The Bertz CT molecular complexity index is 140. The van der Waals surface area contributed by atoms with E-state index in [1.165, 1.54) is 0 Å². The van der Waals surface area contributed by atoms with Crippen LogP contribution >= 0.6 is 15.6 Å². The molecule has 0 atom stereocenters. The molecule has 75 valence electrons. The van der Waals surface area contributed by atoms with Gasteiger partial charge >= 0.3 is 58.8 Å². The number of rotatable bonds is 0. The summed E-state index contributed by atoms with van der Waals surface area (Å²) in [5.74, 6) is 0. The van der Waals surface area contributed by atoms with E-state index in [-0.39, 0.29) is 87.1 Å². The smallest absolute Gasteiger partial charge is 0 e. The van der Waals surface area contributed by atoms with Crippen molar-refractivity contribution in [2.75, 3.05) is 0 Å². The van der Waals surface area contributed by atoms with Crippen LogP contribution in [0, 0.1) is 0 Å². The fourth-order valence-electron chi connectivity index (χ4n) is 0. The molecule has 0 amide bonds. The third kappa shape index (κ3) is 339. The van der Waals surface area contributed by atoms with Crippen LogP contribution in [0.3, 0.4) is 0 Å². The van der Waals surface area contributed by atoms with Crippen molar-refractivity contribution in [3.63, 3.8) is 0 Å². The van der Waals surface area contributed by atoms with E-state index in [0.717, 1.165) is 0 Å². The van der Waals surface area contributed by atoms with Gasteiger partial charge in [0.15, 0.2) is 0 Å². The first-order valence-electron chi connectivity index (χ1n) is 1.46. The van der Waals surface area contributed by atoms with Crippen molar-refractivity contribution >= 4 is 81.7 Å². The maximum Gasteiger partial charge on any atom is 6.00 e. The molecule has 0 aliphatic rings. The second-order valence-electron chi connectivity index (χ2n) is 0.894. The van der Waals surface area contributed by atoms with Gasteiger partial charge in [-0.3, -0.25) is 0 Å². The topological polar surface area (TPSA) is 172 Å². The van der Waals surface area contributed by atoms with Crippen molar-refractivity contribution in [1.29, 1.82) is 0 Å². The molecule has 0 N–H and O–H groups in total. The molecule has 7 radical (unpaired) electrons. The van der Waals surface area contributed by atoms with Crippen LogP contribution in [0.1, 0.15) is 0 Å². The van der Waals surface area contributed by atoms with Gasteiger partial charge in [0.05, 0.1) is 0 Å². The average Bonchev–Trinajstić information content (AvgIpc) is 1.12. The first-order chi connectivity index (χ1) is 4.00. The fourth-order valence-corrected chi connectivity index (χ4v) is 0. The van der Waals surface area contributed by atoms with Crippen molar-refractivity contribution in [2.45, 2.75) is 0 Å². The van der Waals surface area contributed by atoms with Crippen LogP contribution in [0.2, 0.25) is 0 Å². The van der Waals surface area contributed by atoms with Crippen molar-refractivity contribution in [3.05, 3.63) is 0 Å². The van der Waals surface area contributed by atoms with Gasteiger partial charge in [0.2, 0.25) is 0 Å². The Morgan fingerprint density at radius 1 is 0.714 bits per heavy atom. The molecule has 0 aromatic rings.